The predicted molar refractivity (Wildman–Crippen MR) is 102 cm³/mol. The Labute approximate surface area is 161 Å². The van der Waals surface area contributed by atoms with Crippen molar-refractivity contribution in [1.29, 1.82) is 0 Å². The molecule has 3 rings (SSSR count). The Kier molecular flexibility index (Phi) is 6.45. The van der Waals surface area contributed by atoms with Gasteiger partial charge in [-0.1, -0.05) is 22.9 Å². The molecule has 6 nitrogen and oxygen atoms in total. The summed E-state index contributed by atoms with van der Waals surface area (Å²) in [6.07, 6.45) is 3.00. The zero-order valence-corrected chi connectivity index (χ0v) is 16.5. The van der Waals surface area contributed by atoms with Crippen molar-refractivity contribution in [2.24, 2.45) is 0 Å². The Bertz CT molecular complexity index is 752. The van der Waals surface area contributed by atoms with Gasteiger partial charge in [-0.2, -0.15) is 0 Å². The van der Waals surface area contributed by atoms with Crippen LogP contribution in [0.2, 0.25) is 5.02 Å². The number of aryl methyl sites for hydroxylation is 2. The summed E-state index contributed by atoms with van der Waals surface area (Å²) in [7, 11) is 0. The third kappa shape index (κ3) is 4.93. The van der Waals surface area contributed by atoms with Crippen LogP contribution in [-0.2, 0) is 9.53 Å². The highest BCUT2D eigenvalue weighted by Gasteiger charge is 2.22. The summed E-state index contributed by atoms with van der Waals surface area (Å²) in [6, 6.07) is 3.81. The van der Waals surface area contributed by atoms with Crippen LogP contribution < -0.4 is 10.1 Å². The van der Waals surface area contributed by atoms with Gasteiger partial charge in [0.15, 0.2) is 0 Å². The number of halogens is 1. The van der Waals surface area contributed by atoms with Gasteiger partial charge in [0, 0.05) is 18.1 Å². The molecule has 1 atom stereocenters. The second kappa shape index (κ2) is 8.79. The molecule has 26 heavy (non-hydrogen) atoms. The number of hydrogen-bond acceptors (Lipinski definition) is 6. The van der Waals surface area contributed by atoms with Crippen molar-refractivity contribution < 1.29 is 14.3 Å². The summed E-state index contributed by atoms with van der Waals surface area (Å²) in [5.41, 5.74) is 1.97. The van der Waals surface area contributed by atoms with E-state index in [1.165, 1.54) is 11.3 Å². The van der Waals surface area contributed by atoms with Gasteiger partial charge in [0.2, 0.25) is 11.0 Å². The molecular weight excluding hydrogens is 374 g/mol. The fourth-order valence-electron chi connectivity index (χ4n) is 2.78. The molecular formula is C18H22ClN3O3S. The lowest BCUT2D eigenvalue weighted by Crippen LogP contribution is -2.12. The fraction of sp³-hybridized carbons (Fsp3) is 0.500. The van der Waals surface area contributed by atoms with Crippen LogP contribution in [0.3, 0.4) is 0 Å². The van der Waals surface area contributed by atoms with Crippen molar-refractivity contribution in [2.45, 2.75) is 45.6 Å². The number of carbonyl (C=O) groups is 1. The summed E-state index contributed by atoms with van der Waals surface area (Å²) in [6.45, 7) is 5.12. The molecule has 0 aliphatic carbocycles. The maximum atomic E-state index is 12.0. The summed E-state index contributed by atoms with van der Waals surface area (Å²) in [5, 5.41) is 13.0. The van der Waals surface area contributed by atoms with Crippen molar-refractivity contribution in [2.75, 3.05) is 18.5 Å². The maximum Gasteiger partial charge on any atom is 0.226 e. The van der Waals surface area contributed by atoms with E-state index in [1.807, 2.05) is 26.0 Å². The Hall–Kier alpha value is -1.70. The molecule has 2 heterocycles. The largest absolute Gasteiger partial charge is 0.494 e. The number of nitrogens with one attached hydrogen (secondary N) is 1. The molecule has 1 amide bonds. The first-order valence-corrected chi connectivity index (χ1v) is 9.87. The van der Waals surface area contributed by atoms with E-state index in [-0.39, 0.29) is 12.0 Å². The number of rotatable bonds is 7. The molecule has 0 spiro atoms. The van der Waals surface area contributed by atoms with Crippen LogP contribution >= 0.6 is 22.9 Å². The minimum absolute atomic E-state index is 0.0258. The van der Waals surface area contributed by atoms with Gasteiger partial charge in [-0.15, -0.1) is 10.2 Å². The highest BCUT2D eigenvalue weighted by atomic mass is 35.5. The van der Waals surface area contributed by atoms with E-state index in [1.54, 1.807) is 0 Å². The minimum atomic E-state index is -0.0906. The summed E-state index contributed by atoms with van der Waals surface area (Å²) in [5.74, 6) is 0.683. The van der Waals surface area contributed by atoms with Crippen LogP contribution in [0.5, 0.6) is 5.75 Å². The number of hydrogen-bond donors (Lipinski definition) is 1. The van der Waals surface area contributed by atoms with Crippen LogP contribution in [0.15, 0.2) is 12.1 Å². The molecule has 1 aromatic heterocycles. The molecule has 1 N–H and O–H groups in total. The predicted octanol–water partition coefficient (Wildman–Crippen LogP) is 4.46. The van der Waals surface area contributed by atoms with E-state index in [9.17, 15) is 4.79 Å². The number of amides is 1. The Morgan fingerprint density at radius 2 is 2.15 bits per heavy atom. The van der Waals surface area contributed by atoms with Gasteiger partial charge in [0.05, 0.1) is 6.61 Å². The second-order valence-electron chi connectivity index (χ2n) is 6.32. The molecule has 1 aliphatic rings. The molecule has 1 aliphatic heterocycles. The summed E-state index contributed by atoms with van der Waals surface area (Å²) in [4.78, 5) is 12.0. The monoisotopic (exact) mass is 395 g/mol. The number of anilines is 1. The van der Waals surface area contributed by atoms with Gasteiger partial charge in [-0.3, -0.25) is 4.79 Å². The smallest absolute Gasteiger partial charge is 0.226 e. The Morgan fingerprint density at radius 3 is 2.85 bits per heavy atom. The molecule has 1 saturated heterocycles. The van der Waals surface area contributed by atoms with E-state index in [0.29, 0.717) is 24.6 Å². The van der Waals surface area contributed by atoms with E-state index in [2.05, 4.69) is 15.5 Å². The van der Waals surface area contributed by atoms with E-state index >= 15 is 0 Å². The first kappa shape index (κ1) is 19.1. The second-order valence-corrected chi connectivity index (χ2v) is 7.71. The van der Waals surface area contributed by atoms with Gasteiger partial charge in [0.1, 0.15) is 16.9 Å². The highest BCUT2D eigenvalue weighted by Crippen LogP contribution is 2.32. The van der Waals surface area contributed by atoms with Gasteiger partial charge in [-0.05, 0) is 56.4 Å². The third-order valence-corrected chi connectivity index (χ3v) is 5.65. The molecule has 0 unspecified atom stereocenters. The molecule has 0 radical (unpaired) electrons. The molecule has 1 fully saturated rings. The number of benzene rings is 1. The summed E-state index contributed by atoms with van der Waals surface area (Å²) >= 11 is 7.52. The first-order valence-electron chi connectivity index (χ1n) is 8.67. The van der Waals surface area contributed by atoms with E-state index < -0.39 is 0 Å². The molecule has 0 saturated carbocycles. The lowest BCUT2D eigenvalue weighted by atomic mass is 10.1. The lowest BCUT2D eigenvalue weighted by Gasteiger charge is -2.09. The van der Waals surface area contributed by atoms with Crippen LogP contribution in [0.25, 0.3) is 0 Å². The standard InChI is InChI=1S/C18H22ClN3O3S/c1-11-9-13(10-12(2)16(11)19)24-7-4-6-15(23)20-18-22-21-17(26-18)14-5-3-8-25-14/h9-10,14H,3-8H2,1-2H3,(H,20,22,23)/t14-/m1/s1. The number of carbonyl (C=O) groups excluding carboxylic acids is 1. The Balaban J connectivity index is 1.40. The van der Waals surface area contributed by atoms with Crippen molar-refractivity contribution in [3.63, 3.8) is 0 Å². The van der Waals surface area contributed by atoms with Gasteiger partial charge in [0.25, 0.3) is 0 Å². The van der Waals surface area contributed by atoms with Crippen LogP contribution in [0.4, 0.5) is 5.13 Å². The Morgan fingerprint density at radius 1 is 1.38 bits per heavy atom. The van der Waals surface area contributed by atoms with Crippen molar-refractivity contribution >= 4 is 34.0 Å². The molecule has 140 valence electrons. The number of nitrogens with zero attached hydrogens (tertiary/aromatic N) is 2. The molecule has 1 aromatic carbocycles. The molecule has 8 heteroatoms. The molecule has 0 bridgehead atoms. The van der Waals surface area contributed by atoms with Crippen molar-refractivity contribution in [1.82, 2.24) is 10.2 Å². The zero-order valence-electron chi connectivity index (χ0n) is 14.9. The van der Waals surface area contributed by atoms with E-state index in [0.717, 1.165) is 46.4 Å². The topological polar surface area (TPSA) is 73.3 Å². The quantitative estimate of drug-likeness (QED) is 0.700. The van der Waals surface area contributed by atoms with Gasteiger partial charge >= 0.3 is 0 Å². The van der Waals surface area contributed by atoms with E-state index in [4.69, 9.17) is 21.1 Å². The lowest BCUT2D eigenvalue weighted by molar-refractivity contribution is -0.116. The maximum absolute atomic E-state index is 12.0. The van der Waals surface area contributed by atoms with Crippen molar-refractivity contribution in [3.05, 3.63) is 33.3 Å². The van der Waals surface area contributed by atoms with Crippen molar-refractivity contribution in [3.8, 4) is 5.75 Å². The third-order valence-electron chi connectivity index (χ3n) is 4.12. The average Bonchev–Trinajstić information content (AvgIpc) is 3.28. The number of ether oxygens (including phenoxy) is 2. The molecule has 2 aromatic rings. The van der Waals surface area contributed by atoms with Gasteiger partial charge < -0.3 is 14.8 Å². The van der Waals surface area contributed by atoms with Crippen LogP contribution in [-0.4, -0.2) is 29.3 Å². The first-order chi connectivity index (χ1) is 12.5. The number of aromatic nitrogens is 2. The normalized spacial score (nSPS) is 16.7. The van der Waals surface area contributed by atoms with Gasteiger partial charge in [-0.25, -0.2) is 0 Å². The average molecular weight is 396 g/mol. The van der Waals surface area contributed by atoms with Crippen LogP contribution in [0, 0.1) is 13.8 Å². The summed E-state index contributed by atoms with van der Waals surface area (Å²) < 4.78 is 11.3. The zero-order chi connectivity index (χ0) is 18.5. The minimum Gasteiger partial charge on any atom is -0.494 e. The fourth-order valence-corrected chi connectivity index (χ4v) is 3.73. The highest BCUT2D eigenvalue weighted by molar-refractivity contribution is 7.15. The SMILES string of the molecule is Cc1cc(OCCCC(=O)Nc2nnc([C@H]3CCCO3)s2)cc(C)c1Cl. The van der Waals surface area contributed by atoms with Crippen LogP contribution in [0.1, 0.15) is 47.9 Å².